The molecule has 0 spiro atoms. The summed E-state index contributed by atoms with van der Waals surface area (Å²) < 4.78 is 8.00. The first-order chi connectivity index (χ1) is 16.9. The average molecular weight is 462 g/mol. The standard InChI is InChI=1S/C30H27N3O2/c1-21-8-7-11-27(16-21)32-30(34)26(19-31)18-25-17-22(2)33(23(25)3)28-12-14-29(15-13-28)35-20-24-9-5-4-6-10-24/h4-18H,20H2,1-3H3,(H,32,34)/b26-18-. The van der Waals surface area contributed by atoms with Gasteiger partial charge in [0.05, 0.1) is 0 Å². The van der Waals surface area contributed by atoms with E-state index in [1.165, 1.54) is 0 Å². The number of rotatable bonds is 7. The van der Waals surface area contributed by atoms with Crippen LogP contribution in [-0.4, -0.2) is 10.5 Å². The fraction of sp³-hybridized carbons (Fsp3) is 0.133. The molecule has 0 saturated heterocycles. The molecular weight excluding hydrogens is 434 g/mol. The molecule has 0 radical (unpaired) electrons. The molecule has 0 aliphatic heterocycles. The fourth-order valence-electron chi connectivity index (χ4n) is 3.99. The molecule has 1 heterocycles. The summed E-state index contributed by atoms with van der Waals surface area (Å²) in [5.74, 6) is 0.364. The Labute approximate surface area is 205 Å². The van der Waals surface area contributed by atoms with Gasteiger partial charge in [0.2, 0.25) is 0 Å². The molecule has 0 atom stereocenters. The number of carbonyl (C=O) groups excluding carboxylic acids is 1. The zero-order valence-electron chi connectivity index (χ0n) is 20.1. The van der Waals surface area contributed by atoms with Gasteiger partial charge in [-0.1, -0.05) is 42.5 Å². The number of amides is 1. The van der Waals surface area contributed by atoms with Crippen LogP contribution in [0.3, 0.4) is 0 Å². The lowest BCUT2D eigenvalue weighted by Gasteiger charge is -2.11. The van der Waals surface area contributed by atoms with Crippen LogP contribution in [0.5, 0.6) is 5.75 Å². The number of carbonyl (C=O) groups is 1. The molecule has 0 fully saturated rings. The van der Waals surface area contributed by atoms with Crippen LogP contribution in [0.4, 0.5) is 5.69 Å². The number of nitrogens with zero attached hydrogens (tertiary/aromatic N) is 2. The molecule has 1 aromatic heterocycles. The van der Waals surface area contributed by atoms with Gasteiger partial charge in [-0.2, -0.15) is 5.26 Å². The van der Waals surface area contributed by atoms with E-state index in [0.717, 1.165) is 39.5 Å². The molecular formula is C30H27N3O2. The van der Waals surface area contributed by atoms with E-state index in [1.807, 2.05) is 106 Å². The number of aromatic nitrogens is 1. The van der Waals surface area contributed by atoms with E-state index >= 15 is 0 Å². The lowest BCUT2D eigenvalue weighted by atomic mass is 10.1. The summed E-state index contributed by atoms with van der Waals surface area (Å²) in [5.41, 5.74) is 6.61. The summed E-state index contributed by atoms with van der Waals surface area (Å²) in [7, 11) is 0. The van der Waals surface area contributed by atoms with Crippen molar-refractivity contribution in [2.45, 2.75) is 27.4 Å². The lowest BCUT2D eigenvalue weighted by Crippen LogP contribution is -2.13. The van der Waals surface area contributed by atoms with Gasteiger partial charge in [0, 0.05) is 22.8 Å². The molecule has 3 aromatic carbocycles. The van der Waals surface area contributed by atoms with Crippen LogP contribution in [0.2, 0.25) is 0 Å². The van der Waals surface area contributed by atoms with Crippen molar-refractivity contribution in [1.82, 2.24) is 4.57 Å². The molecule has 4 rings (SSSR count). The highest BCUT2D eigenvalue weighted by Crippen LogP contribution is 2.25. The summed E-state index contributed by atoms with van der Waals surface area (Å²) in [6.07, 6.45) is 1.64. The topological polar surface area (TPSA) is 67.0 Å². The Bertz CT molecular complexity index is 1410. The van der Waals surface area contributed by atoms with Crippen LogP contribution < -0.4 is 10.1 Å². The van der Waals surface area contributed by atoms with E-state index in [-0.39, 0.29) is 5.57 Å². The summed E-state index contributed by atoms with van der Waals surface area (Å²) in [6, 6.07) is 29.5. The highest BCUT2D eigenvalue weighted by molar-refractivity contribution is 6.09. The number of hydrogen-bond donors (Lipinski definition) is 1. The molecule has 35 heavy (non-hydrogen) atoms. The summed E-state index contributed by atoms with van der Waals surface area (Å²) in [5, 5.41) is 12.4. The first-order valence-electron chi connectivity index (χ1n) is 11.4. The lowest BCUT2D eigenvalue weighted by molar-refractivity contribution is -0.112. The van der Waals surface area contributed by atoms with E-state index < -0.39 is 5.91 Å². The number of nitrogens with one attached hydrogen (secondary N) is 1. The highest BCUT2D eigenvalue weighted by Gasteiger charge is 2.14. The molecule has 0 bridgehead atoms. The second-order valence-corrected chi connectivity index (χ2v) is 8.42. The number of hydrogen-bond acceptors (Lipinski definition) is 3. The third kappa shape index (κ3) is 5.69. The number of anilines is 1. The van der Waals surface area contributed by atoms with Gasteiger partial charge in [-0.05, 0) is 86.0 Å². The van der Waals surface area contributed by atoms with Crippen molar-refractivity contribution in [3.8, 4) is 17.5 Å². The third-order valence-electron chi connectivity index (χ3n) is 5.75. The van der Waals surface area contributed by atoms with Gasteiger partial charge < -0.3 is 14.6 Å². The van der Waals surface area contributed by atoms with E-state index in [1.54, 1.807) is 12.1 Å². The monoisotopic (exact) mass is 461 g/mol. The maximum absolute atomic E-state index is 12.7. The number of ether oxygens (including phenoxy) is 1. The minimum Gasteiger partial charge on any atom is -0.489 e. The first-order valence-corrected chi connectivity index (χ1v) is 11.4. The van der Waals surface area contributed by atoms with Gasteiger partial charge in [-0.3, -0.25) is 4.79 Å². The SMILES string of the molecule is Cc1cccc(NC(=O)/C(C#N)=C\c2cc(C)n(-c3ccc(OCc4ccccc4)cc3)c2C)c1. The van der Waals surface area contributed by atoms with Gasteiger partial charge in [0.1, 0.15) is 24.0 Å². The first kappa shape index (κ1) is 23.6. The molecule has 0 aliphatic rings. The average Bonchev–Trinajstić information content (AvgIpc) is 3.14. The van der Waals surface area contributed by atoms with E-state index in [0.29, 0.717) is 12.3 Å². The number of benzene rings is 3. The maximum atomic E-state index is 12.7. The van der Waals surface area contributed by atoms with Crippen molar-refractivity contribution < 1.29 is 9.53 Å². The molecule has 174 valence electrons. The molecule has 5 heteroatoms. The second kappa shape index (κ2) is 10.6. The Hall–Kier alpha value is -4.56. The normalized spacial score (nSPS) is 11.1. The molecule has 5 nitrogen and oxygen atoms in total. The zero-order valence-corrected chi connectivity index (χ0v) is 20.1. The van der Waals surface area contributed by atoms with Crippen LogP contribution in [0.15, 0.2) is 90.5 Å². The highest BCUT2D eigenvalue weighted by atomic mass is 16.5. The number of nitriles is 1. The molecule has 1 amide bonds. The van der Waals surface area contributed by atoms with Crippen LogP contribution >= 0.6 is 0 Å². The van der Waals surface area contributed by atoms with Gasteiger partial charge in [0.15, 0.2) is 0 Å². The summed E-state index contributed by atoms with van der Waals surface area (Å²) in [6.45, 7) is 6.45. The van der Waals surface area contributed by atoms with Crippen molar-refractivity contribution in [3.63, 3.8) is 0 Å². The maximum Gasteiger partial charge on any atom is 0.266 e. The van der Waals surface area contributed by atoms with E-state index in [2.05, 4.69) is 9.88 Å². The van der Waals surface area contributed by atoms with Gasteiger partial charge in [-0.15, -0.1) is 0 Å². The Morgan fingerprint density at radius 3 is 2.40 bits per heavy atom. The smallest absolute Gasteiger partial charge is 0.266 e. The van der Waals surface area contributed by atoms with Crippen molar-refractivity contribution in [1.29, 1.82) is 5.26 Å². The minimum atomic E-state index is -0.428. The Morgan fingerprint density at radius 2 is 1.71 bits per heavy atom. The predicted molar refractivity (Wildman–Crippen MR) is 139 cm³/mol. The Morgan fingerprint density at radius 1 is 0.971 bits per heavy atom. The molecule has 0 saturated carbocycles. The second-order valence-electron chi connectivity index (χ2n) is 8.42. The summed E-state index contributed by atoms with van der Waals surface area (Å²) >= 11 is 0. The van der Waals surface area contributed by atoms with E-state index in [4.69, 9.17) is 4.74 Å². The third-order valence-corrected chi connectivity index (χ3v) is 5.75. The molecule has 0 aliphatic carbocycles. The fourth-order valence-corrected chi connectivity index (χ4v) is 3.99. The van der Waals surface area contributed by atoms with Crippen LogP contribution in [0, 0.1) is 32.1 Å². The van der Waals surface area contributed by atoms with Crippen molar-refractivity contribution in [2.75, 3.05) is 5.32 Å². The largest absolute Gasteiger partial charge is 0.489 e. The van der Waals surface area contributed by atoms with Gasteiger partial charge >= 0.3 is 0 Å². The number of aryl methyl sites for hydroxylation is 2. The van der Waals surface area contributed by atoms with Crippen LogP contribution in [0.25, 0.3) is 11.8 Å². The summed E-state index contributed by atoms with van der Waals surface area (Å²) in [4.78, 5) is 12.7. The van der Waals surface area contributed by atoms with Crippen LogP contribution in [-0.2, 0) is 11.4 Å². The van der Waals surface area contributed by atoms with Gasteiger partial charge in [-0.25, -0.2) is 0 Å². The Kier molecular flexibility index (Phi) is 7.13. The van der Waals surface area contributed by atoms with Crippen molar-refractivity contribution in [3.05, 3.63) is 119 Å². The van der Waals surface area contributed by atoms with E-state index in [9.17, 15) is 10.1 Å². The minimum absolute atomic E-state index is 0.0522. The predicted octanol–water partition coefficient (Wildman–Crippen LogP) is 6.53. The zero-order chi connectivity index (χ0) is 24.8. The van der Waals surface area contributed by atoms with Crippen molar-refractivity contribution >= 4 is 17.7 Å². The molecule has 0 unspecified atom stereocenters. The molecule has 4 aromatic rings. The Balaban J connectivity index is 1.52. The molecule has 1 N–H and O–H groups in total. The quantitative estimate of drug-likeness (QED) is 0.251. The van der Waals surface area contributed by atoms with Crippen LogP contribution in [0.1, 0.15) is 28.1 Å². The van der Waals surface area contributed by atoms with Crippen molar-refractivity contribution in [2.24, 2.45) is 0 Å². The van der Waals surface area contributed by atoms with Gasteiger partial charge in [0.25, 0.3) is 5.91 Å².